The summed E-state index contributed by atoms with van der Waals surface area (Å²) in [5.74, 6) is 0. The Balaban J connectivity index is 1.12. The van der Waals surface area contributed by atoms with Gasteiger partial charge in [-0.05, 0) is 0 Å². The summed E-state index contributed by atoms with van der Waals surface area (Å²) in [6.45, 7) is 10.6. The Morgan fingerprint density at radius 2 is 1.62 bits per heavy atom. The first kappa shape index (κ1) is 20.9. The summed E-state index contributed by atoms with van der Waals surface area (Å²) >= 11 is 0. The van der Waals surface area contributed by atoms with Gasteiger partial charge in [0.1, 0.15) is 0 Å². The van der Waals surface area contributed by atoms with E-state index in [9.17, 15) is 0 Å². The predicted molar refractivity (Wildman–Crippen MR) is 187 cm³/mol. The molecule has 0 saturated carbocycles. The van der Waals surface area contributed by atoms with Crippen molar-refractivity contribution in [1.29, 1.82) is 0 Å². The molecule has 7 saturated heterocycles. The fraction of sp³-hybridized carbons (Fsp3) is 0.111. The molecule has 14 rings (SSSR count). The molecule has 9 aliphatic heterocycles. The zero-order valence-corrected chi connectivity index (χ0v) is 24.3. The number of aromatic nitrogens is 1. The summed E-state index contributed by atoms with van der Waals surface area (Å²) in [7, 11) is 2.70. The number of hydrogen-bond donors (Lipinski definition) is 1. The molecule has 0 atom stereocenters. The van der Waals surface area contributed by atoms with Gasteiger partial charge in [-0.25, -0.2) is 0 Å². The zero-order chi connectivity index (χ0) is 25.8. The molecule has 2 nitrogen and oxygen atoms in total. The van der Waals surface area contributed by atoms with Crippen molar-refractivity contribution in [2.45, 2.75) is 19.3 Å². The van der Waals surface area contributed by atoms with E-state index in [-0.39, 0.29) is 12.1 Å². The summed E-state index contributed by atoms with van der Waals surface area (Å²) in [4.78, 5) is 4.65. The Morgan fingerprint density at radius 1 is 0.850 bits per heavy atom. The third-order valence-corrected chi connectivity index (χ3v) is 28.0. The summed E-state index contributed by atoms with van der Waals surface area (Å²) in [6, 6.07) is 31.2. The Kier molecular flexibility index (Phi) is 2.79. The minimum absolute atomic E-state index is 0.0202. The van der Waals surface area contributed by atoms with E-state index in [1.165, 1.54) is 55.0 Å². The van der Waals surface area contributed by atoms with Crippen molar-refractivity contribution in [3.05, 3.63) is 90.0 Å². The molecule has 7 fully saturated rings. The molecule has 13 heteroatoms. The van der Waals surface area contributed by atoms with Crippen LogP contribution in [0.1, 0.15) is 25.0 Å². The van der Waals surface area contributed by atoms with Crippen LogP contribution in [0.25, 0.3) is 27.5 Å². The topological polar surface area (TPSA) is 17.0 Å². The molecule has 1 N–H and O–H groups in total. The van der Waals surface area contributed by atoms with Gasteiger partial charge in [0.15, 0.2) is 0 Å². The number of nitrogens with zero attached hydrogens (tertiary/aromatic N) is 1. The van der Waals surface area contributed by atoms with Gasteiger partial charge in [0, 0.05) is 0 Å². The third-order valence-electron chi connectivity index (χ3n) is 13.6. The number of benzene rings is 4. The molecule has 0 amide bonds. The van der Waals surface area contributed by atoms with Crippen molar-refractivity contribution in [2.24, 2.45) is 0 Å². The van der Waals surface area contributed by atoms with Crippen molar-refractivity contribution in [2.75, 3.05) is 0 Å². The molecule has 0 aliphatic carbocycles. The quantitative estimate of drug-likeness (QED) is 0.271. The molecule has 2 bridgehead atoms. The molecule has 177 valence electrons. The van der Waals surface area contributed by atoms with Crippen molar-refractivity contribution in [3.8, 4) is 5.69 Å². The van der Waals surface area contributed by atoms with Crippen LogP contribution < -0.4 is 26.6 Å². The Morgan fingerprint density at radius 3 is 2.38 bits per heavy atom. The molecule has 40 heavy (non-hydrogen) atoms. The first-order chi connectivity index (χ1) is 19.4. The second-order valence-corrected chi connectivity index (χ2v) is 25.3. The van der Waals surface area contributed by atoms with E-state index in [1.807, 2.05) is 0 Å². The number of rotatable bonds is 3. The van der Waals surface area contributed by atoms with E-state index in [2.05, 4.69) is 123 Å². The fourth-order valence-electron chi connectivity index (χ4n) is 11.2. The second-order valence-electron chi connectivity index (χ2n) is 15.0. The van der Waals surface area contributed by atoms with Crippen molar-refractivity contribution >= 4 is 115 Å². The zero-order valence-electron chi connectivity index (χ0n) is 22.5. The summed E-state index contributed by atoms with van der Waals surface area (Å²) in [5, 5.41) is 4.62. The van der Waals surface area contributed by atoms with Crippen LogP contribution in [-0.2, 0) is 5.41 Å². The van der Waals surface area contributed by atoms with Gasteiger partial charge in [-0.1, -0.05) is 0 Å². The first-order valence-electron chi connectivity index (χ1n) is 15.2. The molecular weight excluding hydrogens is 512 g/mol. The molecule has 10 heterocycles. The number of para-hydroxylation sites is 1. The van der Waals surface area contributed by atoms with E-state index in [0.29, 0.717) is 0 Å². The molecule has 4 aromatic carbocycles. The van der Waals surface area contributed by atoms with Gasteiger partial charge in [-0.3, -0.25) is 0 Å². The van der Waals surface area contributed by atoms with E-state index in [0.717, 1.165) is 31.1 Å². The molecule has 5 radical (unpaired) electrons. The predicted octanol–water partition coefficient (Wildman–Crippen LogP) is 1.61. The van der Waals surface area contributed by atoms with Crippen LogP contribution in [0.3, 0.4) is 0 Å². The second kappa shape index (κ2) is 5.34. The molecule has 1 aromatic heterocycles. The van der Waals surface area contributed by atoms with Crippen molar-refractivity contribution < 1.29 is 0 Å². The molecule has 9 aliphatic rings. The average molecular weight is 532 g/mol. The van der Waals surface area contributed by atoms with E-state index in [4.69, 9.17) is 0 Å². The summed E-state index contributed by atoms with van der Waals surface area (Å²) < 4.78 is 2.63. The number of nitrogens with one attached hydrogen (secondary N) is 1. The monoisotopic (exact) mass is 533 g/mol. The van der Waals surface area contributed by atoms with Crippen LogP contribution in [0.15, 0.2) is 78.9 Å². The van der Waals surface area contributed by atoms with Crippen molar-refractivity contribution in [1.82, 2.24) is 9.42 Å². The van der Waals surface area contributed by atoms with Crippen LogP contribution in [0.5, 0.6) is 0 Å². The SMILES string of the molecule is CC1(C)c2ccccc2B2c3c(cccc31)-n1c3ccc(P45(NP678[B]B6B7[B-]8)B6[B-]B4B65)cc3c3cccc2c31. The third kappa shape index (κ3) is 1.65. The van der Waals surface area contributed by atoms with Crippen LogP contribution in [0.2, 0.25) is 0 Å². The first-order valence-corrected chi connectivity index (χ1v) is 20.1. The van der Waals surface area contributed by atoms with Gasteiger partial charge in [-0.2, -0.15) is 0 Å². The Labute approximate surface area is 238 Å². The minimum atomic E-state index is -1.91. The average Bonchev–Trinajstić information content (AvgIpc) is 3.91. The van der Waals surface area contributed by atoms with Crippen LogP contribution in [0, 0.1) is 0 Å². The van der Waals surface area contributed by atoms with Crippen molar-refractivity contribution in [3.63, 3.8) is 0 Å². The van der Waals surface area contributed by atoms with Crippen LogP contribution in [0.4, 0.5) is 0 Å². The number of fused-ring (bicyclic) bond motifs is 8. The molecule has 0 unspecified atom stereocenters. The van der Waals surface area contributed by atoms with Gasteiger partial charge in [0.2, 0.25) is 0 Å². The summed E-state index contributed by atoms with van der Waals surface area (Å²) in [5.41, 5.74) is 11.6. The van der Waals surface area contributed by atoms with E-state index in [1.54, 1.807) is 5.30 Å². The van der Waals surface area contributed by atoms with Gasteiger partial charge in [0.25, 0.3) is 0 Å². The Hall–Kier alpha value is -1.92. The molecule has 5 aromatic rings. The van der Waals surface area contributed by atoms with Gasteiger partial charge < -0.3 is 0 Å². The van der Waals surface area contributed by atoms with Gasteiger partial charge in [0.05, 0.1) is 0 Å². The van der Waals surface area contributed by atoms with Crippen LogP contribution >= 0.6 is 12.7 Å². The van der Waals surface area contributed by atoms with Gasteiger partial charge in [-0.15, -0.1) is 0 Å². The van der Waals surface area contributed by atoms with Crippen LogP contribution in [-0.4, -0.2) is 63.2 Å². The van der Waals surface area contributed by atoms with E-state index < -0.39 is 12.7 Å². The summed E-state index contributed by atoms with van der Waals surface area (Å²) in [6.07, 6.45) is 1.31. The molecule has 1 spiro atoms. The standard InChI is InChI=1S/C27H20B9N2P2/c1-27(2)19-8-3-4-10-21(19)31-22-11-5-7-17-18-15-16(13-14-23(18)38(26(17)22)24-12-6-9-20(27)25(24)31)39(32-28-33(39)36(32)39)37-40-29-34(40)35(40)30-40/h3-15,37H,1-2H3/q-2. The van der Waals surface area contributed by atoms with Gasteiger partial charge >= 0.3 is 239 Å². The fourth-order valence-corrected chi connectivity index (χ4v) is 30.4. The van der Waals surface area contributed by atoms with E-state index >= 15 is 0 Å². The Bertz CT molecular complexity index is 2190. The normalized spacial score (nSPS) is 27.9. The molecular formula is C27H20B9N2P2-2. The maximum atomic E-state index is 4.65. The number of hydrogen-bond acceptors (Lipinski definition) is 1. The maximum absolute atomic E-state index is 4.65.